The van der Waals surface area contributed by atoms with Gasteiger partial charge in [-0.25, -0.2) is 4.79 Å². The smallest absolute Gasteiger partial charge is 0.337 e. The molecule has 1 N–H and O–H groups in total. The van der Waals surface area contributed by atoms with E-state index in [0.717, 1.165) is 24.1 Å². The Labute approximate surface area is 151 Å². The highest BCUT2D eigenvalue weighted by atomic mass is 16.6. The van der Waals surface area contributed by atoms with Gasteiger partial charge < -0.3 is 14.9 Å². The van der Waals surface area contributed by atoms with Crippen LogP contribution in [0.15, 0.2) is 47.6 Å². The lowest BCUT2D eigenvalue weighted by Crippen LogP contribution is -2.17. The Morgan fingerprint density at radius 2 is 1.88 bits per heavy atom. The Morgan fingerprint density at radius 3 is 2.65 bits per heavy atom. The molecule has 2 aromatic carbocycles. The van der Waals surface area contributed by atoms with Gasteiger partial charge >= 0.3 is 5.97 Å². The second-order valence-electron chi connectivity index (χ2n) is 6.01. The minimum absolute atomic E-state index is 0.173. The SMILES string of the molecule is COC(=O)c1ccc(/C=N/OCC(=O)Nc2ccc3c(c2)CCC3)cc1. The molecule has 1 aliphatic rings. The number of esters is 1. The van der Waals surface area contributed by atoms with E-state index in [1.54, 1.807) is 24.3 Å². The third-order valence-electron chi connectivity index (χ3n) is 4.19. The van der Waals surface area contributed by atoms with E-state index in [2.05, 4.69) is 21.3 Å². The first kappa shape index (κ1) is 17.7. The van der Waals surface area contributed by atoms with Crippen LogP contribution in [0.25, 0.3) is 0 Å². The highest BCUT2D eigenvalue weighted by molar-refractivity contribution is 5.92. The fourth-order valence-electron chi connectivity index (χ4n) is 2.86. The van der Waals surface area contributed by atoms with E-state index in [0.29, 0.717) is 5.56 Å². The molecule has 0 bridgehead atoms. The molecule has 0 atom stereocenters. The Morgan fingerprint density at radius 1 is 1.12 bits per heavy atom. The number of aryl methyl sites for hydroxylation is 2. The van der Waals surface area contributed by atoms with Crippen molar-refractivity contribution in [1.82, 2.24) is 0 Å². The Balaban J connectivity index is 1.46. The molecule has 26 heavy (non-hydrogen) atoms. The Hall–Kier alpha value is -3.15. The molecule has 0 spiro atoms. The van der Waals surface area contributed by atoms with Gasteiger partial charge in [-0.3, -0.25) is 4.79 Å². The molecule has 2 aromatic rings. The maximum absolute atomic E-state index is 11.9. The van der Waals surface area contributed by atoms with E-state index in [1.807, 2.05) is 12.1 Å². The van der Waals surface area contributed by atoms with Gasteiger partial charge in [0.05, 0.1) is 18.9 Å². The van der Waals surface area contributed by atoms with Crippen LogP contribution in [-0.2, 0) is 27.2 Å². The van der Waals surface area contributed by atoms with E-state index in [9.17, 15) is 9.59 Å². The van der Waals surface area contributed by atoms with Crippen molar-refractivity contribution < 1.29 is 19.2 Å². The van der Waals surface area contributed by atoms with Crippen molar-refractivity contribution in [3.05, 3.63) is 64.7 Å². The second kappa shape index (κ2) is 8.29. The molecule has 0 unspecified atom stereocenters. The standard InChI is InChI=1S/C20H20N2O4/c1-25-20(24)16-7-5-14(6-8-16)12-21-26-13-19(23)22-18-10-9-15-3-2-4-17(15)11-18/h5-12H,2-4,13H2,1H3,(H,22,23)/b21-12+. The third-order valence-corrected chi connectivity index (χ3v) is 4.19. The van der Waals surface area contributed by atoms with Gasteiger partial charge in [0, 0.05) is 5.69 Å². The van der Waals surface area contributed by atoms with Crippen molar-refractivity contribution in [2.45, 2.75) is 19.3 Å². The maximum atomic E-state index is 11.9. The zero-order chi connectivity index (χ0) is 18.4. The highest BCUT2D eigenvalue weighted by Crippen LogP contribution is 2.24. The third kappa shape index (κ3) is 4.47. The van der Waals surface area contributed by atoms with Crippen LogP contribution < -0.4 is 5.32 Å². The van der Waals surface area contributed by atoms with Crippen molar-refractivity contribution in [3.63, 3.8) is 0 Å². The van der Waals surface area contributed by atoms with Crippen molar-refractivity contribution in [1.29, 1.82) is 0 Å². The zero-order valence-electron chi connectivity index (χ0n) is 14.5. The Kier molecular flexibility index (Phi) is 5.63. The zero-order valence-corrected chi connectivity index (χ0v) is 14.5. The number of hydrogen-bond acceptors (Lipinski definition) is 5. The van der Waals surface area contributed by atoms with Gasteiger partial charge in [0.15, 0.2) is 6.61 Å². The van der Waals surface area contributed by atoms with Gasteiger partial charge in [-0.1, -0.05) is 23.4 Å². The molecule has 0 aliphatic heterocycles. The molecule has 134 valence electrons. The summed E-state index contributed by atoms with van der Waals surface area (Å²) < 4.78 is 4.63. The van der Waals surface area contributed by atoms with E-state index < -0.39 is 5.97 Å². The van der Waals surface area contributed by atoms with Gasteiger partial charge in [-0.2, -0.15) is 0 Å². The van der Waals surface area contributed by atoms with E-state index >= 15 is 0 Å². The fraction of sp³-hybridized carbons (Fsp3) is 0.250. The van der Waals surface area contributed by atoms with Crippen LogP contribution in [0.5, 0.6) is 0 Å². The predicted molar refractivity (Wildman–Crippen MR) is 98.4 cm³/mol. The summed E-state index contributed by atoms with van der Waals surface area (Å²) >= 11 is 0. The van der Waals surface area contributed by atoms with Crippen LogP contribution in [0.4, 0.5) is 5.69 Å². The number of anilines is 1. The summed E-state index contributed by atoms with van der Waals surface area (Å²) in [6.45, 7) is -0.173. The summed E-state index contributed by atoms with van der Waals surface area (Å²) in [5.74, 6) is -0.658. The van der Waals surface area contributed by atoms with E-state index in [-0.39, 0.29) is 12.5 Å². The maximum Gasteiger partial charge on any atom is 0.337 e. The summed E-state index contributed by atoms with van der Waals surface area (Å²) in [6, 6.07) is 12.7. The average Bonchev–Trinajstić information content (AvgIpc) is 3.13. The number of carbonyl (C=O) groups is 2. The van der Waals surface area contributed by atoms with E-state index in [1.165, 1.54) is 30.9 Å². The number of oxime groups is 1. The lowest BCUT2D eigenvalue weighted by atomic mass is 10.1. The summed E-state index contributed by atoms with van der Waals surface area (Å²) in [5.41, 5.74) is 4.65. The topological polar surface area (TPSA) is 77.0 Å². The highest BCUT2D eigenvalue weighted by Gasteiger charge is 2.11. The monoisotopic (exact) mass is 352 g/mol. The van der Waals surface area contributed by atoms with Crippen molar-refractivity contribution in [2.75, 3.05) is 19.0 Å². The van der Waals surface area contributed by atoms with Gasteiger partial charge in [0.2, 0.25) is 0 Å². The number of fused-ring (bicyclic) bond motifs is 1. The van der Waals surface area contributed by atoms with Crippen LogP contribution >= 0.6 is 0 Å². The molecular formula is C20H20N2O4. The first-order valence-electron chi connectivity index (χ1n) is 8.41. The van der Waals surface area contributed by atoms with Crippen molar-refractivity contribution in [3.8, 4) is 0 Å². The molecule has 3 rings (SSSR count). The first-order chi connectivity index (χ1) is 12.7. The predicted octanol–water partition coefficient (Wildman–Crippen LogP) is 2.95. The summed E-state index contributed by atoms with van der Waals surface area (Å²) in [5, 5.41) is 6.58. The number of ether oxygens (including phenoxy) is 1. The number of benzene rings is 2. The lowest BCUT2D eigenvalue weighted by molar-refractivity contribution is -0.120. The van der Waals surface area contributed by atoms with Crippen LogP contribution in [0.1, 0.15) is 33.5 Å². The number of rotatable bonds is 6. The van der Waals surface area contributed by atoms with Crippen molar-refractivity contribution in [2.24, 2.45) is 5.16 Å². The van der Waals surface area contributed by atoms with Gasteiger partial charge in [0.1, 0.15) is 0 Å². The minimum atomic E-state index is -0.395. The molecule has 0 radical (unpaired) electrons. The first-order valence-corrected chi connectivity index (χ1v) is 8.41. The number of carbonyl (C=O) groups excluding carboxylic acids is 2. The molecule has 0 saturated carbocycles. The Bertz CT molecular complexity index is 828. The molecule has 0 heterocycles. The fourth-order valence-corrected chi connectivity index (χ4v) is 2.86. The molecule has 1 amide bonds. The molecule has 0 aromatic heterocycles. The summed E-state index contributed by atoms with van der Waals surface area (Å²) in [4.78, 5) is 28.3. The van der Waals surface area contributed by atoms with Crippen LogP contribution in [-0.4, -0.2) is 31.8 Å². The van der Waals surface area contributed by atoms with Gasteiger partial charge in [0.25, 0.3) is 5.91 Å². The molecule has 0 saturated heterocycles. The van der Waals surface area contributed by atoms with E-state index in [4.69, 9.17) is 4.84 Å². The summed E-state index contributed by atoms with van der Waals surface area (Å²) in [6.07, 6.45) is 4.82. The minimum Gasteiger partial charge on any atom is -0.465 e. The van der Waals surface area contributed by atoms with Crippen LogP contribution in [0.2, 0.25) is 0 Å². The molecular weight excluding hydrogens is 332 g/mol. The summed E-state index contributed by atoms with van der Waals surface area (Å²) in [7, 11) is 1.33. The number of methoxy groups -OCH3 is 1. The molecule has 6 heteroatoms. The van der Waals surface area contributed by atoms with Crippen LogP contribution in [0, 0.1) is 0 Å². The van der Waals surface area contributed by atoms with Crippen molar-refractivity contribution >= 4 is 23.8 Å². The lowest BCUT2D eigenvalue weighted by Gasteiger charge is -2.06. The number of hydrogen-bond donors (Lipinski definition) is 1. The quantitative estimate of drug-likeness (QED) is 0.493. The van der Waals surface area contributed by atoms with Gasteiger partial charge in [-0.15, -0.1) is 0 Å². The molecule has 1 aliphatic carbocycles. The van der Waals surface area contributed by atoms with Crippen LogP contribution in [0.3, 0.4) is 0 Å². The largest absolute Gasteiger partial charge is 0.465 e. The average molecular weight is 352 g/mol. The second-order valence-corrected chi connectivity index (χ2v) is 6.01. The number of nitrogens with zero attached hydrogens (tertiary/aromatic N) is 1. The van der Waals surface area contributed by atoms with Gasteiger partial charge in [-0.05, 0) is 60.2 Å². The molecule has 6 nitrogen and oxygen atoms in total. The molecule has 0 fully saturated rings. The number of nitrogens with one attached hydrogen (secondary N) is 1. The number of amides is 1. The normalized spacial score (nSPS) is 12.7.